The molecule has 1 aromatic heterocycles. The van der Waals surface area contributed by atoms with Gasteiger partial charge in [0.1, 0.15) is 7.85 Å². The predicted octanol–water partition coefficient (Wildman–Crippen LogP) is 0.946. The fourth-order valence-corrected chi connectivity index (χ4v) is 1.45. The Morgan fingerprint density at radius 3 is 2.33 bits per heavy atom. The van der Waals surface area contributed by atoms with Crippen molar-refractivity contribution >= 4 is 13.3 Å². The van der Waals surface area contributed by atoms with Crippen LogP contribution >= 0.6 is 0 Å². The molecule has 0 spiro atoms. The van der Waals surface area contributed by atoms with Crippen LogP contribution < -0.4 is 5.46 Å². The van der Waals surface area contributed by atoms with Crippen molar-refractivity contribution in [2.75, 3.05) is 0 Å². The molecule has 1 nitrogen and oxygen atoms in total. The van der Waals surface area contributed by atoms with Gasteiger partial charge in [0.15, 0.2) is 0 Å². The van der Waals surface area contributed by atoms with Crippen LogP contribution in [-0.2, 0) is 5.41 Å². The molecule has 0 aliphatic carbocycles. The molecule has 0 aliphatic rings. The van der Waals surface area contributed by atoms with Crippen LogP contribution in [0.3, 0.4) is 0 Å². The minimum absolute atomic E-state index is 0.234. The molecular formula is C10H16BN. The molecule has 0 amide bonds. The average molecular weight is 161 g/mol. The van der Waals surface area contributed by atoms with Gasteiger partial charge < -0.3 is 0 Å². The second kappa shape index (κ2) is 2.93. The highest BCUT2D eigenvalue weighted by Gasteiger charge is 2.16. The number of rotatable bonds is 0. The summed E-state index contributed by atoms with van der Waals surface area (Å²) in [5.41, 5.74) is 4.10. The van der Waals surface area contributed by atoms with E-state index >= 15 is 0 Å². The SMILES string of the molecule is Bc1c(C(C)(C)C)ccnc1C. The Labute approximate surface area is 75.6 Å². The summed E-state index contributed by atoms with van der Waals surface area (Å²) in [4.78, 5) is 4.25. The maximum atomic E-state index is 4.25. The van der Waals surface area contributed by atoms with Crippen LogP contribution in [0.4, 0.5) is 0 Å². The van der Waals surface area contributed by atoms with E-state index < -0.39 is 0 Å². The van der Waals surface area contributed by atoms with E-state index in [4.69, 9.17) is 0 Å². The minimum Gasteiger partial charge on any atom is -0.262 e. The summed E-state index contributed by atoms with van der Waals surface area (Å²) in [6.07, 6.45) is 1.89. The Kier molecular flexibility index (Phi) is 2.27. The molecule has 1 rings (SSSR count). The van der Waals surface area contributed by atoms with Gasteiger partial charge in [0, 0.05) is 11.9 Å². The molecule has 0 saturated heterocycles. The first kappa shape index (κ1) is 9.30. The molecule has 0 unspecified atom stereocenters. The second-order valence-electron chi connectivity index (χ2n) is 4.32. The van der Waals surface area contributed by atoms with Crippen molar-refractivity contribution in [3.63, 3.8) is 0 Å². The molecule has 1 aromatic rings. The molecule has 12 heavy (non-hydrogen) atoms. The van der Waals surface area contributed by atoms with Gasteiger partial charge in [-0.05, 0) is 24.0 Å². The van der Waals surface area contributed by atoms with Crippen molar-refractivity contribution in [2.45, 2.75) is 33.1 Å². The number of nitrogens with zero attached hydrogens (tertiary/aromatic N) is 1. The Bertz CT molecular complexity index is 286. The summed E-state index contributed by atoms with van der Waals surface area (Å²) in [7, 11) is 2.14. The lowest BCUT2D eigenvalue weighted by atomic mass is 9.77. The van der Waals surface area contributed by atoms with Crippen LogP contribution in [0.2, 0.25) is 0 Å². The molecule has 0 atom stereocenters. The first-order valence-corrected chi connectivity index (χ1v) is 4.35. The molecular weight excluding hydrogens is 145 g/mol. The lowest BCUT2D eigenvalue weighted by Crippen LogP contribution is -2.25. The highest BCUT2D eigenvalue weighted by Crippen LogP contribution is 2.19. The zero-order valence-corrected chi connectivity index (χ0v) is 8.60. The fraction of sp³-hybridized carbons (Fsp3) is 0.500. The molecule has 0 aromatic carbocycles. The van der Waals surface area contributed by atoms with E-state index in [-0.39, 0.29) is 5.41 Å². The van der Waals surface area contributed by atoms with Crippen molar-refractivity contribution in [3.05, 3.63) is 23.5 Å². The number of pyridine rings is 1. The molecule has 0 N–H and O–H groups in total. The maximum absolute atomic E-state index is 4.25. The van der Waals surface area contributed by atoms with E-state index in [1.807, 2.05) is 6.20 Å². The summed E-state index contributed by atoms with van der Waals surface area (Å²) in [5, 5.41) is 0. The van der Waals surface area contributed by atoms with E-state index in [2.05, 4.69) is 46.6 Å². The normalized spacial score (nSPS) is 11.7. The van der Waals surface area contributed by atoms with E-state index in [0.717, 1.165) is 5.69 Å². The van der Waals surface area contributed by atoms with Gasteiger partial charge in [-0.1, -0.05) is 26.2 Å². The Morgan fingerprint density at radius 1 is 1.33 bits per heavy atom. The van der Waals surface area contributed by atoms with Crippen LogP contribution in [0.1, 0.15) is 32.0 Å². The monoisotopic (exact) mass is 161 g/mol. The van der Waals surface area contributed by atoms with Gasteiger partial charge in [-0.15, -0.1) is 0 Å². The van der Waals surface area contributed by atoms with E-state index in [9.17, 15) is 0 Å². The molecule has 2 heteroatoms. The van der Waals surface area contributed by atoms with Crippen LogP contribution in [0.15, 0.2) is 12.3 Å². The van der Waals surface area contributed by atoms with Gasteiger partial charge in [-0.25, -0.2) is 0 Å². The summed E-state index contributed by atoms with van der Waals surface area (Å²) in [6.45, 7) is 8.75. The lowest BCUT2D eigenvalue weighted by Gasteiger charge is -2.22. The van der Waals surface area contributed by atoms with Crippen molar-refractivity contribution in [2.24, 2.45) is 0 Å². The second-order valence-corrected chi connectivity index (χ2v) is 4.32. The number of aromatic nitrogens is 1. The van der Waals surface area contributed by atoms with E-state index in [0.29, 0.717) is 0 Å². The van der Waals surface area contributed by atoms with Crippen LogP contribution in [0.25, 0.3) is 0 Å². The molecule has 64 valence electrons. The summed E-state index contributed by atoms with van der Waals surface area (Å²) in [6, 6.07) is 2.11. The van der Waals surface area contributed by atoms with Gasteiger partial charge in [0.05, 0.1) is 0 Å². The third-order valence-corrected chi connectivity index (χ3v) is 2.26. The lowest BCUT2D eigenvalue weighted by molar-refractivity contribution is 0.593. The van der Waals surface area contributed by atoms with Crippen LogP contribution in [0, 0.1) is 6.92 Å². The fourth-order valence-electron chi connectivity index (χ4n) is 1.45. The quantitative estimate of drug-likeness (QED) is 0.516. The van der Waals surface area contributed by atoms with Crippen LogP contribution in [0.5, 0.6) is 0 Å². The maximum Gasteiger partial charge on any atom is 0.142 e. The van der Waals surface area contributed by atoms with Crippen LogP contribution in [-0.4, -0.2) is 12.8 Å². The zero-order valence-electron chi connectivity index (χ0n) is 8.60. The van der Waals surface area contributed by atoms with Gasteiger partial charge in [-0.3, -0.25) is 4.98 Å². The smallest absolute Gasteiger partial charge is 0.142 e. The minimum atomic E-state index is 0.234. The van der Waals surface area contributed by atoms with Gasteiger partial charge >= 0.3 is 0 Å². The van der Waals surface area contributed by atoms with E-state index in [1.165, 1.54) is 11.0 Å². The van der Waals surface area contributed by atoms with E-state index in [1.54, 1.807) is 0 Å². The standard InChI is InChI=1S/C10H16BN/c1-7-9(11)8(5-6-12-7)10(2,3)4/h5-6H,11H2,1-4H3. The molecule has 0 fully saturated rings. The predicted molar refractivity (Wildman–Crippen MR) is 55.9 cm³/mol. The topological polar surface area (TPSA) is 12.9 Å². The Morgan fingerprint density at radius 2 is 1.92 bits per heavy atom. The highest BCUT2D eigenvalue weighted by molar-refractivity contribution is 6.34. The molecule has 0 radical (unpaired) electrons. The molecule has 0 saturated carbocycles. The third-order valence-electron chi connectivity index (χ3n) is 2.26. The molecule has 0 aliphatic heterocycles. The van der Waals surface area contributed by atoms with Crippen molar-refractivity contribution in [3.8, 4) is 0 Å². The Balaban J connectivity index is 3.26. The van der Waals surface area contributed by atoms with Crippen molar-refractivity contribution < 1.29 is 0 Å². The van der Waals surface area contributed by atoms with Gasteiger partial charge in [0.25, 0.3) is 0 Å². The Hall–Kier alpha value is -0.785. The highest BCUT2D eigenvalue weighted by atomic mass is 14.7. The molecule has 0 bridgehead atoms. The summed E-state index contributed by atoms with van der Waals surface area (Å²) in [5.74, 6) is 0. The summed E-state index contributed by atoms with van der Waals surface area (Å²) >= 11 is 0. The average Bonchev–Trinajstić information content (AvgIpc) is 1.92. The van der Waals surface area contributed by atoms with Crippen molar-refractivity contribution in [1.82, 2.24) is 4.98 Å². The zero-order chi connectivity index (χ0) is 9.35. The number of aryl methyl sites for hydroxylation is 1. The first-order valence-electron chi connectivity index (χ1n) is 4.35. The first-order chi connectivity index (χ1) is 5.43. The largest absolute Gasteiger partial charge is 0.262 e. The number of hydrogen-bond donors (Lipinski definition) is 0. The van der Waals surface area contributed by atoms with Gasteiger partial charge in [0.2, 0.25) is 0 Å². The number of hydrogen-bond acceptors (Lipinski definition) is 1. The molecule has 1 heterocycles. The van der Waals surface area contributed by atoms with Gasteiger partial charge in [-0.2, -0.15) is 0 Å². The summed E-state index contributed by atoms with van der Waals surface area (Å²) < 4.78 is 0. The third kappa shape index (κ3) is 1.68. The van der Waals surface area contributed by atoms with Crippen molar-refractivity contribution in [1.29, 1.82) is 0 Å².